The van der Waals surface area contributed by atoms with E-state index in [1.54, 1.807) is 0 Å². The maximum Gasteiger partial charge on any atom is 0.288 e. The van der Waals surface area contributed by atoms with E-state index in [-0.39, 0.29) is 15.5 Å². The summed E-state index contributed by atoms with van der Waals surface area (Å²) in [5, 5.41) is 4.94. The van der Waals surface area contributed by atoms with Crippen molar-refractivity contribution in [1.82, 2.24) is 0 Å². The lowest BCUT2D eigenvalue weighted by Crippen LogP contribution is -2.15. The molecule has 3 N–H and O–H groups in total. The van der Waals surface area contributed by atoms with Gasteiger partial charge in [0.05, 0.1) is 9.79 Å². The number of rotatable bonds is 6. The Morgan fingerprint density at radius 3 is 1.83 bits per heavy atom. The molecule has 2 rings (SSSR count). The number of anilines is 1. The van der Waals surface area contributed by atoms with Crippen molar-refractivity contribution in [1.29, 1.82) is 0 Å². The third kappa shape index (κ3) is 4.90. The van der Waals surface area contributed by atoms with Crippen LogP contribution in [0.15, 0.2) is 63.2 Å². The molecule has 0 spiro atoms. The largest absolute Gasteiger partial charge is 0.288 e. The van der Waals surface area contributed by atoms with Crippen LogP contribution in [-0.4, -0.2) is 22.6 Å². The molecule has 0 aliphatic rings. The number of hydrogen-bond donors (Lipinski definition) is 2. The lowest BCUT2D eigenvalue weighted by atomic mass is 10.3. The molecule has 0 aliphatic heterocycles. The molecule has 0 bridgehead atoms. The molecule has 2 aromatic carbocycles. The van der Waals surface area contributed by atoms with E-state index in [2.05, 4.69) is 4.72 Å². The molecule has 0 amide bonds. The molecule has 0 atom stereocenters. The summed E-state index contributed by atoms with van der Waals surface area (Å²) in [6.45, 7) is 0. The van der Waals surface area contributed by atoms with Gasteiger partial charge in [-0.05, 0) is 48.5 Å². The number of halogens is 2. The molecule has 6 nitrogen and oxygen atoms in total. The van der Waals surface area contributed by atoms with Crippen LogP contribution in [0.5, 0.6) is 0 Å². The van der Waals surface area contributed by atoms with E-state index in [1.807, 2.05) is 0 Å². The summed E-state index contributed by atoms with van der Waals surface area (Å²) in [6.07, 6.45) is 0. The number of benzene rings is 2. The maximum absolute atomic E-state index is 12.2. The van der Waals surface area contributed by atoms with Crippen molar-refractivity contribution in [3.63, 3.8) is 0 Å². The highest BCUT2D eigenvalue weighted by Crippen LogP contribution is 2.27. The van der Waals surface area contributed by atoms with Crippen molar-refractivity contribution in [2.75, 3.05) is 4.72 Å². The predicted octanol–water partition coefficient (Wildman–Crippen LogP) is 2.45. The van der Waals surface area contributed by atoms with E-state index in [0.29, 0.717) is 16.7 Å². The summed E-state index contributed by atoms with van der Waals surface area (Å²) in [5.41, 5.74) is 0.184. The van der Waals surface area contributed by atoms with Gasteiger partial charge in [-0.2, -0.15) is 8.78 Å². The molecule has 0 saturated heterocycles. The molecule has 130 valence electrons. The van der Waals surface area contributed by atoms with Crippen LogP contribution >= 0.6 is 11.8 Å². The Hall–Kier alpha value is -1.69. The first-order valence-corrected chi connectivity index (χ1v) is 10.2. The number of primary sulfonamides is 1. The molecule has 0 unspecified atom stereocenters. The van der Waals surface area contributed by atoms with E-state index >= 15 is 0 Å². The first-order valence-electron chi connectivity index (χ1n) is 6.28. The molecule has 0 heterocycles. The number of sulfonamides is 2. The molecule has 0 aliphatic carbocycles. The van der Waals surface area contributed by atoms with Crippen LogP contribution in [0.3, 0.4) is 0 Å². The highest BCUT2D eigenvalue weighted by Gasteiger charge is 2.16. The van der Waals surface area contributed by atoms with Gasteiger partial charge >= 0.3 is 0 Å². The maximum atomic E-state index is 12.2. The molecule has 0 aromatic heterocycles. The van der Waals surface area contributed by atoms with Crippen molar-refractivity contribution < 1.29 is 25.6 Å². The fourth-order valence-electron chi connectivity index (χ4n) is 1.73. The van der Waals surface area contributed by atoms with Crippen molar-refractivity contribution in [3.05, 3.63) is 48.5 Å². The van der Waals surface area contributed by atoms with Crippen molar-refractivity contribution in [2.45, 2.75) is 20.4 Å². The first-order chi connectivity index (χ1) is 11.1. The van der Waals surface area contributed by atoms with Crippen LogP contribution in [-0.2, 0) is 20.0 Å². The van der Waals surface area contributed by atoms with Crippen LogP contribution in [0.1, 0.15) is 0 Å². The van der Waals surface area contributed by atoms with Gasteiger partial charge in [0.25, 0.3) is 15.8 Å². The predicted molar refractivity (Wildman–Crippen MR) is 86.9 cm³/mol. The Labute approximate surface area is 142 Å². The number of thioether (sulfide) groups is 1. The van der Waals surface area contributed by atoms with E-state index in [0.717, 1.165) is 24.3 Å². The Morgan fingerprint density at radius 1 is 0.875 bits per heavy atom. The van der Waals surface area contributed by atoms with Gasteiger partial charge < -0.3 is 0 Å². The van der Waals surface area contributed by atoms with Gasteiger partial charge in [-0.25, -0.2) is 22.0 Å². The summed E-state index contributed by atoms with van der Waals surface area (Å²) in [5.74, 6) is -2.56. The third-order valence-electron chi connectivity index (χ3n) is 2.79. The van der Waals surface area contributed by atoms with Gasteiger partial charge in [0, 0.05) is 10.6 Å². The quantitative estimate of drug-likeness (QED) is 0.732. The Morgan fingerprint density at radius 2 is 1.38 bits per heavy atom. The first kappa shape index (κ1) is 18.6. The summed E-state index contributed by atoms with van der Waals surface area (Å²) in [6, 6.07) is 9.77. The van der Waals surface area contributed by atoms with E-state index in [4.69, 9.17) is 5.14 Å². The molecule has 0 fully saturated rings. The van der Waals surface area contributed by atoms with Gasteiger partial charge in [-0.15, -0.1) is 0 Å². The molecule has 11 heteroatoms. The molecule has 2 aromatic rings. The number of nitrogens with one attached hydrogen (secondary N) is 1. The van der Waals surface area contributed by atoms with E-state index in [9.17, 15) is 25.6 Å². The van der Waals surface area contributed by atoms with Gasteiger partial charge in [0.2, 0.25) is 10.0 Å². The van der Waals surface area contributed by atoms with E-state index in [1.165, 1.54) is 24.3 Å². The van der Waals surface area contributed by atoms with Crippen LogP contribution in [0, 0.1) is 0 Å². The minimum Gasteiger partial charge on any atom is -0.280 e. The molecular formula is C13H12F2N2O4S3. The van der Waals surface area contributed by atoms with Crippen molar-refractivity contribution >= 4 is 37.5 Å². The smallest absolute Gasteiger partial charge is 0.280 e. The van der Waals surface area contributed by atoms with Gasteiger partial charge in [-0.1, -0.05) is 11.8 Å². The lowest BCUT2D eigenvalue weighted by molar-refractivity contribution is 0.252. The second kappa shape index (κ2) is 7.05. The third-order valence-corrected chi connectivity index (χ3v) is 5.84. The molecule has 0 radical (unpaired) electrons. The van der Waals surface area contributed by atoms with Crippen molar-refractivity contribution in [2.24, 2.45) is 5.14 Å². The lowest BCUT2D eigenvalue weighted by Gasteiger charge is -2.09. The Balaban J connectivity index is 2.19. The Kier molecular flexibility index (Phi) is 5.48. The second-order valence-corrected chi connectivity index (χ2v) is 8.83. The van der Waals surface area contributed by atoms with Gasteiger partial charge in [-0.3, -0.25) is 4.72 Å². The molecular weight excluding hydrogens is 382 g/mol. The number of hydrogen-bond acceptors (Lipinski definition) is 5. The summed E-state index contributed by atoms with van der Waals surface area (Å²) in [7, 11) is -7.87. The Bertz CT molecular complexity index is 913. The zero-order chi connectivity index (χ0) is 18.0. The summed E-state index contributed by atoms with van der Waals surface area (Å²) in [4.78, 5) is -0.0822. The fourth-order valence-corrected chi connectivity index (χ4v) is 3.80. The number of alkyl halides is 2. The van der Waals surface area contributed by atoms with E-state index < -0.39 is 25.8 Å². The second-order valence-electron chi connectivity index (χ2n) is 4.52. The van der Waals surface area contributed by atoms with Crippen LogP contribution in [0.2, 0.25) is 0 Å². The molecule has 24 heavy (non-hydrogen) atoms. The highest BCUT2D eigenvalue weighted by atomic mass is 32.2. The standard InChI is InChI=1S/C13H12F2N2O4S3/c14-13(15)22-10-3-1-9(2-4-10)17-24(20,21)12-7-5-11(6-8-12)23(16,18)19/h1-8,13,17H,(H2,16,18,19). The zero-order valence-electron chi connectivity index (χ0n) is 11.9. The zero-order valence-corrected chi connectivity index (χ0v) is 14.3. The highest BCUT2D eigenvalue weighted by molar-refractivity contribution is 7.99. The fraction of sp³-hybridized carbons (Fsp3) is 0.0769. The monoisotopic (exact) mass is 394 g/mol. The summed E-state index contributed by atoms with van der Waals surface area (Å²) < 4.78 is 73.4. The topological polar surface area (TPSA) is 106 Å². The van der Waals surface area contributed by atoms with Crippen LogP contribution < -0.4 is 9.86 Å². The SMILES string of the molecule is NS(=O)(=O)c1ccc(S(=O)(=O)Nc2ccc(SC(F)F)cc2)cc1. The minimum atomic E-state index is -3.95. The van der Waals surface area contributed by atoms with Crippen molar-refractivity contribution in [3.8, 4) is 0 Å². The normalized spacial score (nSPS) is 12.3. The van der Waals surface area contributed by atoms with Crippen LogP contribution in [0.25, 0.3) is 0 Å². The van der Waals surface area contributed by atoms with Gasteiger partial charge in [0.15, 0.2) is 0 Å². The summed E-state index contributed by atoms with van der Waals surface area (Å²) >= 11 is 0.346. The van der Waals surface area contributed by atoms with Crippen LogP contribution in [0.4, 0.5) is 14.5 Å². The molecule has 0 saturated carbocycles. The average Bonchev–Trinajstić information content (AvgIpc) is 2.48. The number of nitrogens with two attached hydrogens (primary N) is 1. The van der Waals surface area contributed by atoms with Gasteiger partial charge in [0.1, 0.15) is 0 Å². The minimum absolute atomic E-state index is 0.166. The average molecular weight is 394 g/mol.